The van der Waals surface area contributed by atoms with Crippen molar-refractivity contribution in [3.8, 4) is 11.1 Å². The Morgan fingerprint density at radius 3 is 2.31 bits per heavy atom. The van der Waals surface area contributed by atoms with Crippen LogP contribution in [-0.2, 0) is 9.53 Å². The number of amides is 2. The molecule has 0 unspecified atom stereocenters. The highest BCUT2D eigenvalue weighted by atomic mass is 16.6. The lowest BCUT2D eigenvalue weighted by molar-refractivity contribution is -0.135. The highest BCUT2D eigenvalue weighted by Crippen LogP contribution is 2.19. The largest absolute Gasteiger partial charge is 0.415 e. The topological polar surface area (TPSA) is 84.5 Å². The van der Waals surface area contributed by atoms with Crippen molar-refractivity contribution in [1.82, 2.24) is 10.6 Å². The molecule has 134 valence electrons. The number of unbranched alkanes of at least 4 members (excludes halogenated alkanes) is 1. The smallest absolute Gasteiger partial charge is 0.375 e. The number of nitrogens with one attached hydrogen (secondary N) is 2. The van der Waals surface area contributed by atoms with Gasteiger partial charge in [-0.3, -0.25) is 4.79 Å². The Labute approximate surface area is 151 Å². The number of carbonyl (C=O) groups excluding carboxylic acids is 3. The molecule has 1 heterocycles. The highest BCUT2D eigenvalue weighted by Gasteiger charge is 2.31. The number of alkyl carbamates (subject to hydrolysis) is 1. The molecule has 1 aliphatic rings. The van der Waals surface area contributed by atoms with Gasteiger partial charge in [0.25, 0.3) is 5.91 Å². The molecule has 0 saturated carbocycles. The van der Waals surface area contributed by atoms with Crippen molar-refractivity contribution in [2.45, 2.75) is 25.3 Å². The number of rotatable bonds is 7. The zero-order valence-corrected chi connectivity index (χ0v) is 14.2. The van der Waals surface area contributed by atoms with Gasteiger partial charge in [0.05, 0.1) is 0 Å². The third kappa shape index (κ3) is 4.47. The summed E-state index contributed by atoms with van der Waals surface area (Å²) in [4.78, 5) is 34.4. The number of esters is 1. The molecule has 1 atom stereocenters. The van der Waals surface area contributed by atoms with Gasteiger partial charge in [0.15, 0.2) is 0 Å². The summed E-state index contributed by atoms with van der Waals surface area (Å²) in [7, 11) is 0. The standard InChI is InChI=1S/C20H20N2O4/c23-18(21-13-5-4-8-17-19(24)26-20(25)22-17)16-11-9-15(10-12-16)14-6-2-1-3-7-14/h1-3,6-7,9-12,17H,4-5,8,13H2,(H,21,23)(H,22,25)/t17-/m0/s1. The van der Waals surface area contributed by atoms with Crippen molar-refractivity contribution in [3.05, 3.63) is 60.2 Å². The van der Waals surface area contributed by atoms with Gasteiger partial charge in [-0.25, -0.2) is 9.59 Å². The fourth-order valence-electron chi connectivity index (χ4n) is 2.81. The molecule has 26 heavy (non-hydrogen) atoms. The minimum Gasteiger partial charge on any atom is -0.375 e. The van der Waals surface area contributed by atoms with Gasteiger partial charge in [-0.15, -0.1) is 0 Å². The summed E-state index contributed by atoms with van der Waals surface area (Å²) in [6.45, 7) is 0.509. The Bertz CT molecular complexity index is 787. The van der Waals surface area contributed by atoms with Gasteiger partial charge < -0.3 is 15.4 Å². The Kier molecular flexibility index (Phi) is 5.63. The average molecular weight is 352 g/mol. The predicted octanol–water partition coefficient (Wildman–Crippen LogP) is 2.89. The van der Waals surface area contributed by atoms with Crippen molar-refractivity contribution in [1.29, 1.82) is 0 Å². The molecule has 2 aromatic rings. The van der Waals surface area contributed by atoms with Crippen LogP contribution in [0.1, 0.15) is 29.6 Å². The number of hydrogen-bond donors (Lipinski definition) is 2. The summed E-state index contributed by atoms with van der Waals surface area (Å²) in [5.74, 6) is -0.657. The molecular formula is C20H20N2O4. The quantitative estimate of drug-likeness (QED) is 0.456. The lowest BCUT2D eigenvalue weighted by Gasteiger charge is -2.08. The van der Waals surface area contributed by atoms with E-state index < -0.39 is 18.1 Å². The molecule has 6 heteroatoms. The van der Waals surface area contributed by atoms with Gasteiger partial charge in [-0.1, -0.05) is 42.5 Å². The average Bonchev–Trinajstić information content (AvgIpc) is 2.99. The second-order valence-electron chi connectivity index (χ2n) is 6.10. The van der Waals surface area contributed by atoms with E-state index in [0.717, 1.165) is 11.1 Å². The van der Waals surface area contributed by atoms with E-state index in [1.54, 1.807) is 0 Å². The van der Waals surface area contributed by atoms with Gasteiger partial charge >= 0.3 is 12.1 Å². The fraction of sp³-hybridized carbons (Fsp3) is 0.250. The van der Waals surface area contributed by atoms with E-state index >= 15 is 0 Å². The van der Waals surface area contributed by atoms with Crippen LogP contribution in [0.25, 0.3) is 11.1 Å². The molecule has 1 aliphatic heterocycles. The van der Waals surface area contributed by atoms with Crippen LogP contribution in [0.3, 0.4) is 0 Å². The molecule has 0 radical (unpaired) electrons. The summed E-state index contributed by atoms with van der Waals surface area (Å²) in [6, 6.07) is 16.9. The van der Waals surface area contributed by atoms with Crippen LogP contribution in [-0.4, -0.2) is 30.6 Å². The summed E-state index contributed by atoms with van der Waals surface area (Å²) in [5.41, 5.74) is 2.78. The summed E-state index contributed by atoms with van der Waals surface area (Å²) in [5, 5.41) is 5.31. The van der Waals surface area contributed by atoms with Crippen LogP contribution >= 0.6 is 0 Å². The molecule has 2 amide bonds. The van der Waals surface area contributed by atoms with Crippen LogP contribution in [0.4, 0.5) is 4.79 Å². The summed E-state index contributed by atoms with van der Waals surface area (Å²) < 4.78 is 4.41. The maximum atomic E-state index is 12.2. The van der Waals surface area contributed by atoms with Gasteiger partial charge in [-0.2, -0.15) is 0 Å². The molecule has 0 aliphatic carbocycles. The van der Waals surface area contributed by atoms with Gasteiger partial charge in [-0.05, 0) is 42.5 Å². The van der Waals surface area contributed by atoms with Crippen molar-refractivity contribution in [2.24, 2.45) is 0 Å². The van der Waals surface area contributed by atoms with Crippen molar-refractivity contribution < 1.29 is 19.1 Å². The van der Waals surface area contributed by atoms with Crippen molar-refractivity contribution >= 4 is 18.0 Å². The third-order valence-electron chi connectivity index (χ3n) is 4.23. The number of ether oxygens (including phenoxy) is 1. The van der Waals surface area contributed by atoms with Gasteiger partial charge in [0.2, 0.25) is 0 Å². The first-order chi connectivity index (χ1) is 12.6. The monoisotopic (exact) mass is 352 g/mol. The summed E-state index contributed by atoms with van der Waals surface area (Å²) >= 11 is 0. The summed E-state index contributed by atoms with van der Waals surface area (Å²) in [6.07, 6.45) is 1.24. The maximum Gasteiger partial charge on any atom is 0.415 e. The van der Waals surface area contributed by atoms with Crippen molar-refractivity contribution in [2.75, 3.05) is 6.54 Å². The lowest BCUT2D eigenvalue weighted by Crippen LogP contribution is -2.29. The lowest BCUT2D eigenvalue weighted by atomic mass is 10.0. The van der Waals surface area contributed by atoms with E-state index in [2.05, 4.69) is 15.4 Å². The Morgan fingerprint density at radius 2 is 1.65 bits per heavy atom. The van der Waals surface area contributed by atoms with E-state index in [0.29, 0.717) is 31.4 Å². The molecule has 2 N–H and O–H groups in total. The van der Waals surface area contributed by atoms with E-state index in [4.69, 9.17) is 0 Å². The fourth-order valence-corrected chi connectivity index (χ4v) is 2.81. The second kappa shape index (κ2) is 8.29. The first-order valence-corrected chi connectivity index (χ1v) is 8.59. The van der Waals surface area contributed by atoms with Crippen LogP contribution in [0.2, 0.25) is 0 Å². The first-order valence-electron chi connectivity index (χ1n) is 8.59. The Balaban J connectivity index is 1.41. The highest BCUT2D eigenvalue weighted by molar-refractivity contribution is 5.95. The second-order valence-corrected chi connectivity index (χ2v) is 6.10. The number of carbonyl (C=O) groups is 3. The Hall–Kier alpha value is -3.15. The van der Waals surface area contributed by atoms with E-state index in [-0.39, 0.29) is 5.91 Å². The normalized spacial score (nSPS) is 16.1. The molecule has 1 saturated heterocycles. The van der Waals surface area contributed by atoms with E-state index in [1.807, 2.05) is 54.6 Å². The van der Waals surface area contributed by atoms with Gasteiger partial charge in [0.1, 0.15) is 6.04 Å². The molecule has 3 rings (SSSR count). The minimum absolute atomic E-state index is 0.127. The van der Waals surface area contributed by atoms with Gasteiger partial charge in [0, 0.05) is 12.1 Å². The molecule has 2 aromatic carbocycles. The van der Waals surface area contributed by atoms with E-state index in [9.17, 15) is 14.4 Å². The van der Waals surface area contributed by atoms with E-state index in [1.165, 1.54) is 0 Å². The first kappa shape index (κ1) is 17.7. The van der Waals surface area contributed by atoms with Crippen LogP contribution in [0.15, 0.2) is 54.6 Å². The van der Waals surface area contributed by atoms with Crippen LogP contribution < -0.4 is 10.6 Å². The zero-order valence-electron chi connectivity index (χ0n) is 14.2. The molecule has 0 spiro atoms. The zero-order chi connectivity index (χ0) is 18.4. The van der Waals surface area contributed by atoms with Crippen LogP contribution in [0.5, 0.6) is 0 Å². The number of hydrogen-bond acceptors (Lipinski definition) is 4. The SMILES string of the molecule is O=C1N[C@@H](CCCCNC(=O)c2ccc(-c3ccccc3)cc2)C(=O)O1. The van der Waals surface area contributed by atoms with Crippen molar-refractivity contribution in [3.63, 3.8) is 0 Å². The molecule has 0 bridgehead atoms. The third-order valence-corrected chi connectivity index (χ3v) is 4.23. The minimum atomic E-state index is -0.688. The van der Waals surface area contributed by atoms with Crippen LogP contribution in [0, 0.1) is 0 Å². The molecule has 6 nitrogen and oxygen atoms in total. The molecular weight excluding hydrogens is 332 g/mol. The molecule has 1 fully saturated rings. The Morgan fingerprint density at radius 1 is 0.962 bits per heavy atom. The maximum absolute atomic E-state index is 12.2. The predicted molar refractivity (Wildman–Crippen MR) is 96.5 cm³/mol. The molecule has 0 aromatic heterocycles. The number of benzene rings is 2. The number of cyclic esters (lactones) is 2.